The minimum atomic E-state index is -0.304. The predicted molar refractivity (Wildman–Crippen MR) is 109 cm³/mol. The number of fused-ring (bicyclic) bond motifs is 1. The lowest BCUT2D eigenvalue weighted by Crippen LogP contribution is -2.22. The molecule has 0 radical (unpaired) electrons. The van der Waals surface area contributed by atoms with Gasteiger partial charge in [-0.2, -0.15) is 0 Å². The molecule has 2 N–H and O–H groups in total. The van der Waals surface area contributed by atoms with Crippen molar-refractivity contribution in [2.75, 3.05) is 7.11 Å². The number of furan rings is 1. The average molecular weight is 392 g/mol. The van der Waals surface area contributed by atoms with E-state index in [1.54, 1.807) is 25.5 Å². The van der Waals surface area contributed by atoms with Crippen molar-refractivity contribution in [3.05, 3.63) is 78.0 Å². The zero-order chi connectivity index (χ0) is 20.2. The number of amides is 1. The van der Waals surface area contributed by atoms with Crippen molar-refractivity contribution in [3.63, 3.8) is 0 Å². The number of rotatable bonds is 7. The fourth-order valence-corrected chi connectivity index (χ4v) is 3.41. The van der Waals surface area contributed by atoms with Gasteiger partial charge in [0.05, 0.1) is 19.9 Å². The Hall–Kier alpha value is -3.54. The minimum absolute atomic E-state index is 0.0900. The molecule has 29 heavy (non-hydrogen) atoms. The molecule has 148 valence electrons. The van der Waals surface area contributed by atoms with Crippen LogP contribution in [-0.4, -0.2) is 18.0 Å². The van der Waals surface area contributed by atoms with Gasteiger partial charge in [-0.25, -0.2) is 4.39 Å². The monoisotopic (exact) mass is 392 g/mol. The summed E-state index contributed by atoms with van der Waals surface area (Å²) >= 11 is 0. The van der Waals surface area contributed by atoms with Crippen LogP contribution < -0.4 is 10.1 Å². The molecular formula is C23H21FN2O3. The van der Waals surface area contributed by atoms with Gasteiger partial charge < -0.3 is 19.5 Å². The first-order valence-electron chi connectivity index (χ1n) is 9.37. The van der Waals surface area contributed by atoms with E-state index in [2.05, 4.69) is 10.3 Å². The van der Waals surface area contributed by atoms with E-state index in [0.717, 1.165) is 33.5 Å². The fraction of sp³-hybridized carbons (Fsp3) is 0.174. The number of aryl methyl sites for hydroxylation is 1. The first-order chi connectivity index (χ1) is 14.1. The maximum atomic E-state index is 13.9. The molecule has 0 spiro atoms. The zero-order valence-corrected chi connectivity index (χ0v) is 16.0. The highest BCUT2D eigenvalue weighted by Gasteiger charge is 2.15. The normalized spacial score (nSPS) is 11.0. The number of hydrogen-bond acceptors (Lipinski definition) is 3. The van der Waals surface area contributed by atoms with Crippen molar-refractivity contribution >= 4 is 16.8 Å². The van der Waals surface area contributed by atoms with Gasteiger partial charge in [-0.05, 0) is 72.1 Å². The van der Waals surface area contributed by atoms with Gasteiger partial charge in [-0.1, -0.05) is 0 Å². The molecular weight excluding hydrogens is 371 g/mol. The van der Waals surface area contributed by atoms with Crippen LogP contribution in [0.4, 0.5) is 4.39 Å². The fourth-order valence-electron chi connectivity index (χ4n) is 3.41. The zero-order valence-electron chi connectivity index (χ0n) is 16.0. The smallest absolute Gasteiger partial charge is 0.220 e. The molecule has 4 rings (SSSR count). The third kappa shape index (κ3) is 4.16. The van der Waals surface area contributed by atoms with Gasteiger partial charge in [0.25, 0.3) is 0 Å². The lowest BCUT2D eigenvalue weighted by molar-refractivity contribution is -0.121. The topological polar surface area (TPSA) is 67.3 Å². The Morgan fingerprint density at radius 2 is 2.00 bits per heavy atom. The molecule has 0 saturated heterocycles. The summed E-state index contributed by atoms with van der Waals surface area (Å²) in [7, 11) is 1.62. The van der Waals surface area contributed by atoms with E-state index in [-0.39, 0.29) is 18.1 Å². The molecule has 0 unspecified atom stereocenters. The molecule has 5 nitrogen and oxygen atoms in total. The number of halogens is 1. The predicted octanol–water partition coefficient (Wildman–Crippen LogP) is 4.82. The summed E-state index contributed by atoms with van der Waals surface area (Å²) in [4.78, 5) is 15.7. The van der Waals surface area contributed by atoms with Crippen LogP contribution in [0.15, 0.2) is 65.3 Å². The van der Waals surface area contributed by atoms with E-state index < -0.39 is 0 Å². The second-order valence-corrected chi connectivity index (χ2v) is 6.75. The molecule has 0 atom stereocenters. The van der Waals surface area contributed by atoms with E-state index in [1.165, 1.54) is 12.1 Å². The highest BCUT2D eigenvalue weighted by Crippen LogP contribution is 2.32. The lowest BCUT2D eigenvalue weighted by atomic mass is 10.0. The Balaban J connectivity index is 1.58. The standard InChI is InChI=1S/C23H21FN2O3/c1-28-17-7-4-15(5-8-17)23-19(20-13-16(24)6-10-21(20)26-23)9-11-22(27)25-14-18-3-2-12-29-18/h2-8,10,12-13,26H,9,11,14H2,1H3,(H,25,27). The maximum Gasteiger partial charge on any atom is 0.220 e. The number of benzene rings is 2. The van der Waals surface area contributed by atoms with Crippen molar-refractivity contribution in [2.24, 2.45) is 0 Å². The molecule has 0 bridgehead atoms. The van der Waals surface area contributed by atoms with Crippen molar-refractivity contribution in [1.29, 1.82) is 0 Å². The first-order valence-corrected chi connectivity index (χ1v) is 9.37. The van der Waals surface area contributed by atoms with E-state index in [0.29, 0.717) is 18.7 Å². The Kier molecular flexibility index (Phi) is 5.33. The van der Waals surface area contributed by atoms with Gasteiger partial charge in [0.2, 0.25) is 5.91 Å². The molecule has 4 aromatic rings. The molecule has 1 amide bonds. The Morgan fingerprint density at radius 1 is 1.17 bits per heavy atom. The van der Waals surface area contributed by atoms with E-state index in [1.807, 2.05) is 30.3 Å². The van der Waals surface area contributed by atoms with Crippen LogP contribution in [0.5, 0.6) is 5.75 Å². The van der Waals surface area contributed by atoms with Gasteiger partial charge in [0.15, 0.2) is 0 Å². The van der Waals surface area contributed by atoms with Gasteiger partial charge in [-0.15, -0.1) is 0 Å². The largest absolute Gasteiger partial charge is 0.497 e. The average Bonchev–Trinajstić information content (AvgIpc) is 3.38. The molecule has 0 saturated carbocycles. The molecule has 0 aliphatic carbocycles. The highest BCUT2D eigenvalue weighted by molar-refractivity contribution is 5.91. The highest BCUT2D eigenvalue weighted by atomic mass is 19.1. The number of H-pyrrole nitrogens is 1. The van der Waals surface area contributed by atoms with Gasteiger partial charge in [0.1, 0.15) is 17.3 Å². The van der Waals surface area contributed by atoms with E-state index >= 15 is 0 Å². The number of aromatic amines is 1. The van der Waals surface area contributed by atoms with E-state index in [9.17, 15) is 9.18 Å². The van der Waals surface area contributed by atoms with Crippen LogP contribution in [0.25, 0.3) is 22.2 Å². The van der Waals surface area contributed by atoms with Crippen LogP contribution in [0.1, 0.15) is 17.7 Å². The van der Waals surface area contributed by atoms with Crippen molar-refractivity contribution < 1.29 is 18.3 Å². The maximum absolute atomic E-state index is 13.9. The van der Waals surface area contributed by atoms with Crippen molar-refractivity contribution in [1.82, 2.24) is 10.3 Å². The Morgan fingerprint density at radius 3 is 2.72 bits per heavy atom. The molecule has 0 aliphatic heterocycles. The van der Waals surface area contributed by atoms with Crippen LogP contribution in [-0.2, 0) is 17.8 Å². The van der Waals surface area contributed by atoms with Gasteiger partial charge >= 0.3 is 0 Å². The summed E-state index contributed by atoms with van der Waals surface area (Å²) in [6.07, 6.45) is 2.34. The summed E-state index contributed by atoms with van der Waals surface area (Å²) in [6, 6.07) is 15.9. The van der Waals surface area contributed by atoms with Crippen molar-refractivity contribution in [3.8, 4) is 17.0 Å². The Bertz CT molecular complexity index is 1120. The Labute approximate surface area is 167 Å². The quantitative estimate of drug-likeness (QED) is 0.474. The minimum Gasteiger partial charge on any atom is -0.497 e. The van der Waals surface area contributed by atoms with Crippen LogP contribution in [0.2, 0.25) is 0 Å². The number of ether oxygens (including phenoxy) is 1. The second-order valence-electron chi connectivity index (χ2n) is 6.75. The van der Waals surface area contributed by atoms with Gasteiger partial charge in [0, 0.05) is 23.0 Å². The molecule has 2 heterocycles. The lowest BCUT2D eigenvalue weighted by Gasteiger charge is -2.07. The number of aromatic nitrogens is 1. The van der Waals surface area contributed by atoms with Crippen LogP contribution in [0, 0.1) is 5.82 Å². The first kappa shape index (κ1) is 18.8. The number of nitrogens with one attached hydrogen (secondary N) is 2. The molecule has 2 aromatic carbocycles. The van der Waals surface area contributed by atoms with Gasteiger partial charge in [-0.3, -0.25) is 4.79 Å². The third-order valence-electron chi connectivity index (χ3n) is 4.89. The summed E-state index contributed by atoms with van der Waals surface area (Å²) in [5.74, 6) is 1.07. The number of carbonyl (C=O) groups excluding carboxylic acids is 1. The second kappa shape index (κ2) is 8.22. The summed E-state index contributed by atoms with van der Waals surface area (Å²) in [6.45, 7) is 0.347. The summed E-state index contributed by atoms with van der Waals surface area (Å²) in [5.41, 5.74) is 3.58. The van der Waals surface area contributed by atoms with Crippen molar-refractivity contribution in [2.45, 2.75) is 19.4 Å². The van der Waals surface area contributed by atoms with E-state index in [4.69, 9.17) is 9.15 Å². The summed E-state index contributed by atoms with van der Waals surface area (Å²) < 4.78 is 24.3. The molecule has 2 aromatic heterocycles. The number of methoxy groups -OCH3 is 1. The van der Waals surface area contributed by atoms with Crippen LogP contribution >= 0.6 is 0 Å². The number of hydrogen-bond donors (Lipinski definition) is 2. The third-order valence-corrected chi connectivity index (χ3v) is 4.89. The SMILES string of the molecule is COc1ccc(-c2[nH]c3ccc(F)cc3c2CCC(=O)NCc2ccco2)cc1. The molecule has 0 fully saturated rings. The number of carbonyl (C=O) groups is 1. The summed E-state index contributed by atoms with van der Waals surface area (Å²) in [5, 5.41) is 3.63. The molecule has 6 heteroatoms. The molecule has 0 aliphatic rings. The van der Waals surface area contributed by atoms with Crippen LogP contribution in [0.3, 0.4) is 0 Å².